The van der Waals surface area contributed by atoms with Gasteiger partial charge in [-0.05, 0) is 35.7 Å². The second-order valence-electron chi connectivity index (χ2n) is 8.25. The molecule has 0 bridgehead atoms. The Labute approximate surface area is 195 Å². The summed E-state index contributed by atoms with van der Waals surface area (Å²) in [5.74, 6) is 1.34. The third-order valence-corrected chi connectivity index (χ3v) is 6.39. The number of amides is 1. The van der Waals surface area contributed by atoms with Gasteiger partial charge in [0.05, 0.1) is 17.3 Å². The summed E-state index contributed by atoms with van der Waals surface area (Å²) in [5, 5.41) is 19.4. The number of aromatic amines is 1. The third kappa shape index (κ3) is 4.53. The van der Waals surface area contributed by atoms with E-state index in [-0.39, 0.29) is 11.8 Å². The average molecular weight is 463 g/mol. The SMILES string of the molecule is CC(C)c1nc(Nc2cn[nH]c2C(=O)Nc2ccc(N3CCNCC3)cc2)c2ccsc2n1. The number of carbonyl (C=O) groups excluding carboxylic acids is 1. The molecule has 1 saturated heterocycles. The number of hydrogen-bond donors (Lipinski definition) is 4. The van der Waals surface area contributed by atoms with Crippen LogP contribution >= 0.6 is 11.3 Å². The smallest absolute Gasteiger partial charge is 0.275 e. The fourth-order valence-corrected chi connectivity index (χ4v) is 4.55. The zero-order chi connectivity index (χ0) is 22.8. The lowest BCUT2D eigenvalue weighted by molar-refractivity contribution is 0.102. The van der Waals surface area contributed by atoms with E-state index in [1.807, 2.05) is 35.7 Å². The van der Waals surface area contributed by atoms with E-state index in [9.17, 15) is 4.79 Å². The second-order valence-corrected chi connectivity index (χ2v) is 9.14. The number of nitrogens with one attached hydrogen (secondary N) is 4. The van der Waals surface area contributed by atoms with Crippen LogP contribution in [0.3, 0.4) is 0 Å². The number of nitrogens with zero attached hydrogens (tertiary/aromatic N) is 4. The van der Waals surface area contributed by atoms with Crippen LogP contribution in [0.4, 0.5) is 22.9 Å². The molecule has 0 radical (unpaired) electrons. The van der Waals surface area contributed by atoms with Gasteiger partial charge < -0.3 is 20.9 Å². The summed E-state index contributed by atoms with van der Waals surface area (Å²) in [6.07, 6.45) is 1.60. The highest BCUT2D eigenvalue weighted by atomic mass is 32.1. The zero-order valence-corrected chi connectivity index (χ0v) is 19.4. The summed E-state index contributed by atoms with van der Waals surface area (Å²) < 4.78 is 0. The molecule has 170 valence electrons. The zero-order valence-electron chi connectivity index (χ0n) is 18.6. The molecule has 4 N–H and O–H groups in total. The van der Waals surface area contributed by atoms with Crippen LogP contribution in [0.5, 0.6) is 0 Å². The molecule has 4 aromatic rings. The minimum atomic E-state index is -0.273. The molecule has 10 heteroatoms. The van der Waals surface area contributed by atoms with E-state index in [2.05, 4.69) is 54.9 Å². The normalized spacial score (nSPS) is 14.1. The molecular weight excluding hydrogens is 436 g/mol. The number of H-pyrrole nitrogens is 1. The van der Waals surface area contributed by atoms with E-state index in [4.69, 9.17) is 0 Å². The van der Waals surface area contributed by atoms with E-state index >= 15 is 0 Å². The summed E-state index contributed by atoms with van der Waals surface area (Å²) in [5.41, 5.74) is 2.78. The molecule has 1 aromatic carbocycles. The molecule has 1 fully saturated rings. The Bertz CT molecular complexity index is 1260. The van der Waals surface area contributed by atoms with Crippen molar-refractivity contribution in [3.05, 3.63) is 53.4 Å². The predicted octanol–water partition coefficient (Wildman–Crippen LogP) is 3.94. The number of thiophene rings is 1. The fourth-order valence-electron chi connectivity index (χ4n) is 3.78. The van der Waals surface area contributed by atoms with E-state index in [1.54, 1.807) is 17.5 Å². The third-order valence-electron chi connectivity index (χ3n) is 5.59. The maximum absolute atomic E-state index is 13.0. The van der Waals surface area contributed by atoms with Crippen LogP contribution in [-0.2, 0) is 0 Å². The average Bonchev–Trinajstić information content (AvgIpc) is 3.50. The lowest BCUT2D eigenvalue weighted by Gasteiger charge is -2.29. The van der Waals surface area contributed by atoms with E-state index < -0.39 is 0 Å². The van der Waals surface area contributed by atoms with Gasteiger partial charge in [-0.15, -0.1) is 11.3 Å². The first-order valence-corrected chi connectivity index (χ1v) is 11.9. The number of piperazine rings is 1. The van der Waals surface area contributed by atoms with Gasteiger partial charge in [0, 0.05) is 43.5 Å². The van der Waals surface area contributed by atoms with Gasteiger partial charge >= 0.3 is 0 Å². The van der Waals surface area contributed by atoms with Crippen molar-refractivity contribution in [2.24, 2.45) is 0 Å². The van der Waals surface area contributed by atoms with Crippen molar-refractivity contribution in [1.82, 2.24) is 25.5 Å². The monoisotopic (exact) mass is 462 g/mol. The predicted molar refractivity (Wildman–Crippen MR) is 133 cm³/mol. The first kappa shape index (κ1) is 21.4. The Balaban J connectivity index is 1.33. The Morgan fingerprint density at radius 2 is 1.91 bits per heavy atom. The topological polar surface area (TPSA) is 111 Å². The molecule has 0 atom stereocenters. The Morgan fingerprint density at radius 1 is 1.12 bits per heavy atom. The number of aromatic nitrogens is 4. The van der Waals surface area contributed by atoms with Crippen molar-refractivity contribution in [1.29, 1.82) is 0 Å². The molecule has 3 aromatic heterocycles. The Kier molecular flexibility index (Phi) is 5.93. The lowest BCUT2D eigenvalue weighted by atomic mass is 10.2. The molecular formula is C23H26N8OS. The van der Waals surface area contributed by atoms with Gasteiger partial charge in [-0.2, -0.15) is 5.10 Å². The first-order chi connectivity index (χ1) is 16.1. The molecule has 33 heavy (non-hydrogen) atoms. The lowest BCUT2D eigenvalue weighted by Crippen LogP contribution is -2.43. The van der Waals surface area contributed by atoms with Crippen LogP contribution in [0.2, 0.25) is 0 Å². The molecule has 1 aliphatic heterocycles. The van der Waals surface area contributed by atoms with Gasteiger partial charge in [0.1, 0.15) is 22.2 Å². The molecule has 1 amide bonds. The summed E-state index contributed by atoms with van der Waals surface area (Å²) >= 11 is 1.57. The van der Waals surface area contributed by atoms with Crippen molar-refractivity contribution in [3.8, 4) is 0 Å². The highest BCUT2D eigenvalue weighted by Gasteiger charge is 2.18. The van der Waals surface area contributed by atoms with Crippen molar-refractivity contribution in [2.45, 2.75) is 19.8 Å². The second kappa shape index (κ2) is 9.16. The molecule has 0 saturated carbocycles. The molecule has 4 heterocycles. The van der Waals surface area contributed by atoms with E-state index in [0.29, 0.717) is 17.2 Å². The Morgan fingerprint density at radius 3 is 2.67 bits per heavy atom. The number of anilines is 4. The van der Waals surface area contributed by atoms with Crippen LogP contribution in [-0.4, -0.2) is 52.3 Å². The van der Waals surface area contributed by atoms with Crippen LogP contribution in [0.15, 0.2) is 41.9 Å². The van der Waals surface area contributed by atoms with Gasteiger partial charge in [-0.25, -0.2) is 9.97 Å². The standard InChI is InChI=1S/C23H26N8OS/c1-14(2)20-28-21(17-7-12-33-23(17)29-20)27-18-13-25-30-19(18)22(32)26-15-3-5-16(6-4-15)31-10-8-24-9-11-31/h3-7,12-14,24H,8-11H2,1-2H3,(H,25,30)(H,26,32)(H,27,28,29). The largest absolute Gasteiger partial charge is 0.369 e. The van der Waals surface area contributed by atoms with Gasteiger partial charge in [0.2, 0.25) is 0 Å². The van der Waals surface area contributed by atoms with Gasteiger partial charge in [-0.3, -0.25) is 9.89 Å². The fraction of sp³-hybridized carbons (Fsp3) is 0.304. The van der Waals surface area contributed by atoms with Crippen LogP contribution in [0, 0.1) is 0 Å². The summed E-state index contributed by atoms with van der Waals surface area (Å²) in [7, 11) is 0. The number of benzene rings is 1. The summed E-state index contributed by atoms with van der Waals surface area (Å²) in [6, 6.07) is 9.90. The summed E-state index contributed by atoms with van der Waals surface area (Å²) in [4.78, 5) is 25.6. The number of fused-ring (bicyclic) bond motifs is 1. The highest BCUT2D eigenvalue weighted by Crippen LogP contribution is 2.30. The minimum Gasteiger partial charge on any atom is -0.369 e. The molecule has 5 rings (SSSR count). The van der Waals surface area contributed by atoms with Crippen molar-refractivity contribution < 1.29 is 4.79 Å². The molecule has 9 nitrogen and oxygen atoms in total. The molecule has 1 aliphatic rings. The van der Waals surface area contributed by atoms with E-state index in [0.717, 1.165) is 53.6 Å². The van der Waals surface area contributed by atoms with Crippen molar-refractivity contribution in [3.63, 3.8) is 0 Å². The number of hydrogen-bond acceptors (Lipinski definition) is 8. The highest BCUT2D eigenvalue weighted by molar-refractivity contribution is 7.16. The quantitative estimate of drug-likeness (QED) is 0.343. The van der Waals surface area contributed by atoms with Gasteiger partial charge in [0.15, 0.2) is 0 Å². The molecule has 0 aliphatic carbocycles. The maximum atomic E-state index is 13.0. The Hall–Kier alpha value is -3.50. The van der Waals surface area contributed by atoms with Crippen LogP contribution in [0.1, 0.15) is 36.1 Å². The van der Waals surface area contributed by atoms with Gasteiger partial charge in [0.25, 0.3) is 5.91 Å². The van der Waals surface area contributed by atoms with Crippen LogP contribution < -0.4 is 20.9 Å². The summed E-state index contributed by atoms with van der Waals surface area (Å²) in [6.45, 7) is 8.04. The van der Waals surface area contributed by atoms with Crippen molar-refractivity contribution in [2.75, 3.05) is 41.7 Å². The van der Waals surface area contributed by atoms with Crippen LogP contribution in [0.25, 0.3) is 10.2 Å². The first-order valence-electron chi connectivity index (χ1n) is 11.0. The van der Waals surface area contributed by atoms with Crippen molar-refractivity contribution >= 4 is 50.3 Å². The maximum Gasteiger partial charge on any atom is 0.275 e. The molecule has 0 unspecified atom stereocenters. The minimum absolute atomic E-state index is 0.188. The van der Waals surface area contributed by atoms with Gasteiger partial charge in [-0.1, -0.05) is 13.8 Å². The number of rotatable bonds is 6. The molecule has 0 spiro atoms. The number of carbonyl (C=O) groups is 1. The van der Waals surface area contributed by atoms with E-state index in [1.165, 1.54) is 0 Å².